The van der Waals surface area contributed by atoms with Gasteiger partial charge in [-0.3, -0.25) is 4.90 Å². The van der Waals surface area contributed by atoms with Crippen molar-refractivity contribution in [3.8, 4) is 0 Å². The van der Waals surface area contributed by atoms with Crippen molar-refractivity contribution < 1.29 is 5.11 Å². The van der Waals surface area contributed by atoms with E-state index in [0.717, 1.165) is 37.7 Å². The highest BCUT2D eigenvalue weighted by Gasteiger charge is 2.21. The summed E-state index contributed by atoms with van der Waals surface area (Å²) in [5, 5.41) is 10.3. The van der Waals surface area contributed by atoms with Crippen LogP contribution in [0.5, 0.6) is 0 Å². The molecule has 1 aromatic carbocycles. The van der Waals surface area contributed by atoms with Gasteiger partial charge >= 0.3 is 0 Å². The van der Waals surface area contributed by atoms with Gasteiger partial charge in [0.15, 0.2) is 0 Å². The molecule has 0 spiro atoms. The molecule has 5 heteroatoms. The van der Waals surface area contributed by atoms with E-state index in [1.165, 1.54) is 0 Å². The number of rotatable bonds is 4. The maximum absolute atomic E-state index is 10.3. The maximum Gasteiger partial charge on any atom is 0.225 e. The Morgan fingerprint density at radius 2 is 1.62 bits per heavy atom. The van der Waals surface area contributed by atoms with E-state index in [4.69, 9.17) is 0 Å². The van der Waals surface area contributed by atoms with Crippen molar-refractivity contribution in [1.29, 1.82) is 0 Å². The number of anilines is 1. The molecular weight excluding hydrogens is 264 g/mol. The van der Waals surface area contributed by atoms with E-state index >= 15 is 0 Å². The van der Waals surface area contributed by atoms with Gasteiger partial charge in [0.25, 0.3) is 0 Å². The average Bonchev–Trinajstić information content (AvgIpc) is 2.57. The van der Waals surface area contributed by atoms with Crippen LogP contribution in [-0.2, 0) is 0 Å². The van der Waals surface area contributed by atoms with Crippen molar-refractivity contribution in [1.82, 2.24) is 14.9 Å². The lowest BCUT2D eigenvalue weighted by Crippen LogP contribution is -2.48. The van der Waals surface area contributed by atoms with Gasteiger partial charge in [-0.05, 0) is 11.6 Å². The highest BCUT2D eigenvalue weighted by atomic mass is 16.3. The van der Waals surface area contributed by atoms with Gasteiger partial charge in [-0.2, -0.15) is 0 Å². The molecule has 0 aliphatic carbocycles. The van der Waals surface area contributed by atoms with Crippen LogP contribution in [0.2, 0.25) is 0 Å². The molecule has 1 unspecified atom stereocenters. The van der Waals surface area contributed by atoms with Gasteiger partial charge in [-0.15, -0.1) is 0 Å². The summed E-state index contributed by atoms with van der Waals surface area (Å²) in [6.07, 6.45) is 3.12. The van der Waals surface area contributed by atoms with E-state index in [1.807, 2.05) is 36.4 Å². The summed E-state index contributed by atoms with van der Waals surface area (Å²) in [5.74, 6) is 0.792. The molecule has 110 valence electrons. The smallest absolute Gasteiger partial charge is 0.225 e. The number of nitrogens with zero attached hydrogens (tertiary/aromatic N) is 4. The van der Waals surface area contributed by atoms with Crippen LogP contribution in [-0.4, -0.2) is 52.7 Å². The molecule has 2 heterocycles. The van der Waals surface area contributed by atoms with E-state index in [1.54, 1.807) is 12.4 Å². The van der Waals surface area contributed by atoms with Crippen molar-refractivity contribution in [3.63, 3.8) is 0 Å². The van der Waals surface area contributed by atoms with E-state index in [-0.39, 0.29) is 0 Å². The normalized spacial score (nSPS) is 17.7. The monoisotopic (exact) mass is 284 g/mol. The second-order valence-corrected chi connectivity index (χ2v) is 5.26. The number of β-amino-alcohol motifs (C(OH)–C–C–N with tert-alkyl or cyclic N) is 1. The first-order chi connectivity index (χ1) is 10.3. The van der Waals surface area contributed by atoms with Gasteiger partial charge in [0.1, 0.15) is 0 Å². The molecule has 1 atom stereocenters. The summed E-state index contributed by atoms with van der Waals surface area (Å²) >= 11 is 0. The minimum Gasteiger partial charge on any atom is -0.387 e. The van der Waals surface area contributed by atoms with Crippen LogP contribution in [0.3, 0.4) is 0 Å². The molecule has 3 rings (SSSR count). The van der Waals surface area contributed by atoms with Crippen LogP contribution in [0.15, 0.2) is 48.8 Å². The Hall–Kier alpha value is -1.98. The number of aliphatic hydroxyl groups is 1. The molecule has 0 saturated carbocycles. The predicted molar refractivity (Wildman–Crippen MR) is 82.1 cm³/mol. The van der Waals surface area contributed by atoms with Crippen LogP contribution in [0.1, 0.15) is 11.7 Å². The molecule has 0 radical (unpaired) electrons. The van der Waals surface area contributed by atoms with Crippen molar-refractivity contribution in [2.24, 2.45) is 0 Å². The highest BCUT2D eigenvalue weighted by molar-refractivity contribution is 5.29. The fourth-order valence-electron chi connectivity index (χ4n) is 2.61. The predicted octanol–water partition coefficient (Wildman–Crippen LogP) is 1.33. The zero-order chi connectivity index (χ0) is 14.5. The van der Waals surface area contributed by atoms with Gasteiger partial charge in [0, 0.05) is 45.1 Å². The number of piperazine rings is 1. The standard InChI is InChI=1S/C16H20N4O/c21-15(14-5-2-1-3-6-14)13-19-9-11-20(12-10-19)16-17-7-4-8-18-16/h1-8,15,21H,9-13H2. The molecule has 1 saturated heterocycles. The van der Waals surface area contributed by atoms with Crippen LogP contribution in [0.25, 0.3) is 0 Å². The van der Waals surface area contributed by atoms with Crippen molar-refractivity contribution in [2.45, 2.75) is 6.10 Å². The summed E-state index contributed by atoms with van der Waals surface area (Å²) in [7, 11) is 0. The third kappa shape index (κ3) is 3.56. The lowest BCUT2D eigenvalue weighted by molar-refractivity contribution is 0.109. The zero-order valence-corrected chi connectivity index (χ0v) is 12.0. The topological polar surface area (TPSA) is 52.5 Å². The molecule has 1 aliphatic heterocycles. The Morgan fingerprint density at radius 3 is 2.29 bits per heavy atom. The number of benzene rings is 1. The number of aromatic nitrogens is 2. The van der Waals surface area contributed by atoms with Gasteiger partial charge in [-0.25, -0.2) is 9.97 Å². The van der Waals surface area contributed by atoms with Crippen LogP contribution < -0.4 is 4.90 Å². The summed E-state index contributed by atoms with van der Waals surface area (Å²) in [4.78, 5) is 13.0. The molecule has 1 aliphatic rings. The Kier molecular flexibility index (Phi) is 4.43. The first-order valence-corrected chi connectivity index (χ1v) is 7.30. The highest BCUT2D eigenvalue weighted by Crippen LogP contribution is 2.16. The Bertz CT molecular complexity index is 541. The second kappa shape index (κ2) is 6.65. The van der Waals surface area contributed by atoms with Crippen LogP contribution >= 0.6 is 0 Å². The number of hydrogen-bond acceptors (Lipinski definition) is 5. The van der Waals surface area contributed by atoms with Gasteiger partial charge in [-0.1, -0.05) is 30.3 Å². The minimum absolute atomic E-state index is 0.425. The Labute approximate surface area is 124 Å². The Balaban J connectivity index is 1.52. The molecule has 1 N–H and O–H groups in total. The molecule has 1 aromatic heterocycles. The lowest BCUT2D eigenvalue weighted by Gasteiger charge is -2.35. The molecule has 21 heavy (non-hydrogen) atoms. The third-order valence-corrected chi connectivity index (χ3v) is 3.82. The van der Waals surface area contributed by atoms with E-state index in [2.05, 4.69) is 19.8 Å². The largest absolute Gasteiger partial charge is 0.387 e. The molecule has 0 amide bonds. The average molecular weight is 284 g/mol. The van der Waals surface area contributed by atoms with Crippen LogP contribution in [0.4, 0.5) is 5.95 Å². The summed E-state index contributed by atoms with van der Waals surface area (Å²) < 4.78 is 0. The van der Waals surface area contributed by atoms with Gasteiger partial charge in [0.05, 0.1) is 6.10 Å². The van der Waals surface area contributed by atoms with Crippen molar-refractivity contribution >= 4 is 5.95 Å². The van der Waals surface area contributed by atoms with Crippen molar-refractivity contribution in [2.75, 3.05) is 37.6 Å². The third-order valence-electron chi connectivity index (χ3n) is 3.82. The molecule has 5 nitrogen and oxygen atoms in total. The maximum atomic E-state index is 10.3. The minimum atomic E-state index is -0.425. The summed E-state index contributed by atoms with van der Waals surface area (Å²) in [6.45, 7) is 4.30. The van der Waals surface area contributed by atoms with Gasteiger partial charge < -0.3 is 10.0 Å². The van der Waals surface area contributed by atoms with Crippen molar-refractivity contribution in [3.05, 3.63) is 54.4 Å². The molecule has 1 fully saturated rings. The van der Waals surface area contributed by atoms with Crippen LogP contribution in [0, 0.1) is 0 Å². The van der Waals surface area contributed by atoms with E-state index < -0.39 is 6.10 Å². The van der Waals surface area contributed by atoms with E-state index in [9.17, 15) is 5.11 Å². The number of hydrogen-bond donors (Lipinski definition) is 1. The number of aliphatic hydroxyl groups excluding tert-OH is 1. The zero-order valence-electron chi connectivity index (χ0n) is 12.0. The van der Waals surface area contributed by atoms with E-state index in [0.29, 0.717) is 6.54 Å². The molecular formula is C16H20N4O. The molecule has 2 aromatic rings. The van der Waals surface area contributed by atoms with Gasteiger partial charge in [0.2, 0.25) is 5.95 Å². The fraction of sp³-hybridized carbons (Fsp3) is 0.375. The first kappa shape index (κ1) is 14.0. The fourth-order valence-corrected chi connectivity index (χ4v) is 2.61. The lowest BCUT2D eigenvalue weighted by atomic mass is 10.1. The first-order valence-electron chi connectivity index (χ1n) is 7.30. The quantitative estimate of drug-likeness (QED) is 0.918. The summed E-state index contributed by atoms with van der Waals surface area (Å²) in [5.41, 5.74) is 0.978. The Morgan fingerprint density at radius 1 is 0.952 bits per heavy atom. The second-order valence-electron chi connectivity index (χ2n) is 5.26. The SMILES string of the molecule is OC(CN1CCN(c2ncccn2)CC1)c1ccccc1. The summed E-state index contributed by atoms with van der Waals surface area (Å²) in [6, 6.07) is 11.7. The molecule has 0 bridgehead atoms.